The third-order valence-corrected chi connectivity index (χ3v) is 15.7. The summed E-state index contributed by atoms with van der Waals surface area (Å²) in [6.45, 7) is 4.97. The molecule has 3 N–H and O–H groups in total. The van der Waals surface area contributed by atoms with E-state index in [2.05, 4.69) is 19.2 Å². The van der Waals surface area contributed by atoms with Crippen LogP contribution in [0.1, 0.15) is 380 Å². The number of carbonyl (C=O) groups excluding carboxylic acids is 2. The Morgan fingerprint density at radius 1 is 0.338 bits per heavy atom. The summed E-state index contributed by atoms with van der Waals surface area (Å²) in [7, 11) is 0. The van der Waals surface area contributed by atoms with Crippen molar-refractivity contribution in [2.75, 3.05) is 13.2 Å². The van der Waals surface area contributed by atoms with Gasteiger partial charge in [0.05, 0.1) is 25.4 Å². The van der Waals surface area contributed by atoms with E-state index in [1.54, 1.807) is 0 Å². The van der Waals surface area contributed by atoms with Gasteiger partial charge in [-0.15, -0.1) is 0 Å². The van der Waals surface area contributed by atoms with Gasteiger partial charge in [-0.1, -0.05) is 341 Å². The van der Waals surface area contributed by atoms with Crippen LogP contribution in [-0.4, -0.2) is 47.4 Å². The topological polar surface area (TPSA) is 95.9 Å². The Labute approximate surface area is 445 Å². The van der Waals surface area contributed by atoms with E-state index in [1.807, 2.05) is 0 Å². The smallest absolute Gasteiger partial charge is 0.305 e. The molecule has 71 heavy (non-hydrogen) atoms. The summed E-state index contributed by atoms with van der Waals surface area (Å²) in [5.41, 5.74) is 0. The highest BCUT2D eigenvalue weighted by atomic mass is 16.5. The first kappa shape index (κ1) is 69.9. The van der Waals surface area contributed by atoms with Crippen molar-refractivity contribution in [1.29, 1.82) is 0 Å². The lowest BCUT2D eigenvalue weighted by Gasteiger charge is -2.22. The second-order valence-corrected chi connectivity index (χ2v) is 22.8. The Kier molecular flexibility index (Phi) is 60.4. The van der Waals surface area contributed by atoms with Gasteiger partial charge in [-0.3, -0.25) is 9.59 Å². The molecule has 0 aliphatic heterocycles. The van der Waals surface area contributed by atoms with Gasteiger partial charge in [0.1, 0.15) is 0 Å². The number of rotatable bonds is 62. The molecule has 0 radical (unpaired) electrons. The van der Waals surface area contributed by atoms with Gasteiger partial charge in [0.2, 0.25) is 5.91 Å². The van der Waals surface area contributed by atoms with E-state index in [-0.39, 0.29) is 18.5 Å². The molecular formula is C65H129NO5. The average Bonchev–Trinajstić information content (AvgIpc) is 3.37. The first-order chi connectivity index (χ1) is 35.0. The van der Waals surface area contributed by atoms with Crippen LogP contribution in [0.25, 0.3) is 0 Å². The molecule has 0 aliphatic rings. The van der Waals surface area contributed by atoms with Gasteiger partial charge in [-0.2, -0.15) is 0 Å². The molecule has 6 heteroatoms. The van der Waals surface area contributed by atoms with Crippen LogP contribution < -0.4 is 5.32 Å². The number of amides is 1. The molecule has 2 atom stereocenters. The van der Waals surface area contributed by atoms with E-state index >= 15 is 0 Å². The highest BCUT2D eigenvalue weighted by molar-refractivity contribution is 5.76. The minimum atomic E-state index is -0.675. The Morgan fingerprint density at radius 3 is 0.859 bits per heavy atom. The Morgan fingerprint density at radius 2 is 0.577 bits per heavy atom. The zero-order valence-electron chi connectivity index (χ0n) is 48.5. The van der Waals surface area contributed by atoms with Crippen molar-refractivity contribution in [2.45, 2.75) is 392 Å². The lowest BCUT2D eigenvalue weighted by Crippen LogP contribution is -2.45. The molecule has 424 valence electrons. The molecule has 2 unspecified atom stereocenters. The average molecular weight is 1000 g/mol. The second-order valence-electron chi connectivity index (χ2n) is 22.8. The van der Waals surface area contributed by atoms with Crippen LogP contribution in [0, 0.1) is 0 Å². The summed E-state index contributed by atoms with van der Waals surface area (Å²) in [5, 5.41) is 23.4. The molecule has 0 bridgehead atoms. The van der Waals surface area contributed by atoms with E-state index in [0.717, 1.165) is 57.8 Å². The molecule has 0 aromatic rings. The molecule has 0 aromatic carbocycles. The Bertz CT molecular complexity index is 1020. The maximum Gasteiger partial charge on any atom is 0.305 e. The summed E-state index contributed by atoms with van der Waals surface area (Å²) >= 11 is 0. The molecular weight excluding hydrogens is 875 g/mol. The monoisotopic (exact) mass is 1000 g/mol. The van der Waals surface area contributed by atoms with Gasteiger partial charge in [0.15, 0.2) is 0 Å². The van der Waals surface area contributed by atoms with Crippen molar-refractivity contribution in [2.24, 2.45) is 0 Å². The quantitative estimate of drug-likeness (QED) is 0.0417. The highest BCUT2D eigenvalue weighted by Crippen LogP contribution is 2.19. The van der Waals surface area contributed by atoms with Crippen molar-refractivity contribution in [3.05, 3.63) is 0 Å². The number of aliphatic hydroxyl groups excluding tert-OH is 2. The van der Waals surface area contributed by atoms with Gasteiger partial charge >= 0.3 is 5.97 Å². The molecule has 0 aliphatic carbocycles. The molecule has 1 amide bonds. The van der Waals surface area contributed by atoms with Crippen molar-refractivity contribution < 1.29 is 24.5 Å². The van der Waals surface area contributed by atoms with Gasteiger partial charge in [-0.25, -0.2) is 0 Å². The third kappa shape index (κ3) is 58.0. The number of unbranched alkanes of at least 4 members (excludes halogenated alkanes) is 51. The standard InChI is InChI=1S/C65H129NO5/c1-3-5-7-9-11-13-15-17-19-21-23-24-25-26-27-28-29-31-33-37-41-45-49-53-57-63(68)62(61-67)66-64(69)58-54-50-46-42-38-35-36-40-44-48-52-56-60-71-65(70)59-55-51-47-43-39-34-32-30-22-20-18-16-14-12-10-8-6-4-2/h62-63,67-68H,3-61H2,1-2H3,(H,66,69). The van der Waals surface area contributed by atoms with Crippen molar-refractivity contribution in [3.63, 3.8) is 0 Å². The van der Waals surface area contributed by atoms with E-state index in [4.69, 9.17) is 4.74 Å². The molecule has 0 spiro atoms. The number of ether oxygens (including phenoxy) is 1. The molecule has 0 saturated heterocycles. The van der Waals surface area contributed by atoms with Crippen molar-refractivity contribution >= 4 is 11.9 Å². The number of nitrogens with one attached hydrogen (secondary N) is 1. The maximum absolute atomic E-state index is 12.5. The normalized spacial score (nSPS) is 12.5. The van der Waals surface area contributed by atoms with Gasteiger partial charge in [0.25, 0.3) is 0 Å². The fraction of sp³-hybridized carbons (Fsp3) is 0.969. The first-order valence-corrected chi connectivity index (χ1v) is 32.8. The summed E-state index contributed by atoms with van der Waals surface area (Å²) in [6, 6.07) is -0.553. The number of hydrogen-bond acceptors (Lipinski definition) is 5. The van der Waals surface area contributed by atoms with E-state index < -0.39 is 12.1 Å². The molecule has 0 rings (SSSR count). The first-order valence-electron chi connectivity index (χ1n) is 32.8. The molecule has 0 fully saturated rings. The Hall–Kier alpha value is -1.14. The zero-order chi connectivity index (χ0) is 51.4. The fourth-order valence-corrected chi connectivity index (χ4v) is 10.6. The summed E-state index contributed by atoms with van der Waals surface area (Å²) in [6.07, 6.45) is 72.6. The van der Waals surface area contributed by atoms with Crippen LogP contribution in [0.2, 0.25) is 0 Å². The van der Waals surface area contributed by atoms with Crippen LogP contribution in [0.4, 0.5) is 0 Å². The molecule has 0 saturated carbocycles. The van der Waals surface area contributed by atoms with Crippen LogP contribution in [-0.2, 0) is 14.3 Å². The summed E-state index contributed by atoms with van der Waals surface area (Å²) < 4.78 is 5.49. The molecule has 6 nitrogen and oxygen atoms in total. The molecule has 0 heterocycles. The van der Waals surface area contributed by atoms with Gasteiger partial charge in [0, 0.05) is 12.8 Å². The largest absolute Gasteiger partial charge is 0.466 e. The van der Waals surface area contributed by atoms with Crippen LogP contribution in [0.3, 0.4) is 0 Å². The predicted octanol–water partition coefficient (Wildman–Crippen LogP) is 20.6. The van der Waals surface area contributed by atoms with Crippen LogP contribution in [0.15, 0.2) is 0 Å². The maximum atomic E-state index is 12.5. The van der Waals surface area contributed by atoms with Crippen molar-refractivity contribution in [1.82, 2.24) is 5.32 Å². The predicted molar refractivity (Wildman–Crippen MR) is 310 cm³/mol. The third-order valence-electron chi connectivity index (χ3n) is 15.7. The Balaban J connectivity index is 3.41. The zero-order valence-corrected chi connectivity index (χ0v) is 48.5. The van der Waals surface area contributed by atoms with E-state index in [0.29, 0.717) is 25.9 Å². The van der Waals surface area contributed by atoms with Gasteiger partial charge < -0.3 is 20.3 Å². The van der Waals surface area contributed by atoms with Crippen LogP contribution in [0.5, 0.6) is 0 Å². The minimum absolute atomic E-state index is 0.00287. The lowest BCUT2D eigenvalue weighted by atomic mass is 10.0. The number of hydrogen-bond donors (Lipinski definition) is 3. The number of carbonyl (C=O) groups is 2. The number of esters is 1. The lowest BCUT2D eigenvalue weighted by molar-refractivity contribution is -0.143. The fourth-order valence-electron chi connectivity index (χ4n) is 10.6. The highest BCUT2D eigenvalue weighted by Gasteiger charge is 2.20. The second kappa shape index (κ2) is 61.4. The van der Waals surface area contributed by atoms with E-state index in [9.17, 15) is 19.8 Å². The van der Waals surface area contributed by atoms with Gasteiger partial charge in [-0.05, 0) is 25.7 Å². The van der Waals surface area contributed by atoms with E-state index in [1.165, 1.54) is 289 Å². The SMILES string of the molecule is CCCCCCCCCCCCCCCCCCCCCCCCCCC(O)C(CO)NC(=O)CCCCCCCCCCCCCCOC(=O)CCCCCCCCCCCCCCCCCCCC. The number of aliphatic hydroxyl groups is 2. The van der Waals surface area contributed by atoms with Crippen LogP contribution >= 0.6 is 0 Å². The summed E-state index contributed by atoms with van der Waals surface area (Å²) in [4.78, 5) is 24.6. The molecule has 0 aromatic heterocycles. The van der Waals surface area contributed by atoms with Crippen molar-refractivity contribution in [3.8, 4) is 0 Å². The summed E-state index contributed by atoms with van der Waals surface area (Å²) in [5.74, 6) is -0.0476. The minimum Gasteiger partial charge on any atom is -0.466 e.